The van der Waals surface area contributed by atoms with Gasteiger partial charge in [0.25, 0.3) is 0 Å². The highest BCUT2D eigenvalue weighted by Gasteiger charge is 2.48. The van der Waals surface area contributed by atoms with Gasteiger partial charge in [-0.3, -0.25) is 9.59 Å². The monoisotopic (exact) mass is 327 g/mol. The van der Waals surface area contributed by atoms with Gasteiger partial charge in [-0.1, -0.05) is 12.1 Å². The largest absolute Gasteiger partial charge is 0.352 e. The smallest absolute Gasteiger partial charge is 0.227 e. The van der Waals surface area contributed by atoms with E-state index in [9.17, 15) is 9.59 Å². The minimum atomic E-state index is -0.0212. The van der Waals surface area contributed by atoms with E-state index >= 15 is 0 Å². The Bertz CT molecular complexity index is 658. The molecule has 2 bridgehead atoms. The molecule has 1 saturated heterocycles. The van der Waals surface area contributed by atoms with Crippen LogP contribution in [-0.2, 0) is 16.1 Å². The van der Waals surface area contributed by atoms with Crippen molar-refractivity contribution in [3.05, 3.63) is 29.8 Å². The summed E-state index contributed by atoms with van der Waals surface area (Å²) in [5.41, 5.74) is 8.21. The molecule has 128 valence electrons. The number of nitrogens with two attached hydrogens (primary N) is 1. The average molecular weight is 327 g/mol. The van der Waals surface area contributed by atoms with Gasteiger partial charge >= 0.3 is 0 Å². The zero-order chi connectivity index (χ0) is 16.7. The number of rotatable bonds is 4. The second-order valence-corrected chi connectivity index (χ2v) is 7.47. The number of benzene rings is 1. The number of amides is 2. The first kappa shape index (κ1) is 15.6. The van der Waals surface area contributed by atoms with Crippen molar-refractivity contribution in [1.29, 1.82) is 0 Å². The highest BCUT2D eigenvalue weighted by atomic mass is 16.2. The molecule has 2 saturated carbocycles. The van der Waals surface area contributed by atoms with Gasteiger partial charge in [0.1, 0.15) is 0 Å². The summed E-state index contributed by atoms with van der Waals surface area (Å²) in [5, 5.41) is 3.06. The Morgan fingerprint density at radius 1 is 1.29 bits per heavy atom. The lowest BCUT2D eigenvalue weighted by molar-refractivity contribution is -0.127. The van der Waals surface area contributed by atoms with Crippen LogP contribution < -0.4 is 16.0 Å². The van der Waals surface area contributed by atoms with Crippen LogP contribution in [0.5, 0.6) is 0 Å². The van der Waals surface area contributed by atoms with Gasteiger partial charge in [0.15, 0.2) is 0 Å². The molecule has 4 rings (SSSR count). The minimum absolute atomic E-state index is 0.0212. The van der Waals surface area contributed by atoms with Crippen LogP contribution >= 0.6 is 0 Å². The SMILES string of the molecule is NC1C2CCC(C2)C1C(=O)NCc1cccc(N2CCCC2=O)c1. The van der Waals surface area contributed by atoms with Crippen LogP contribution in [0.3, 0.4) is 0 Å². The van der Waals surface area contributed by atoms with Crippen LogP contribution in [0.15, 0.2) is 24.3 Å². The van der Waals surface area contributed by atoms with Crippen molar-refractivity contribution in [2.24, 2.45) is 23.5 Å². The van der Waals surface area contributed by atoms with E-state index in [0.717, 1.165) is 37.1 Å². The van der Waals surface area contributed by atoms with E-state index in [1.807, 2.05) is 29.2 Å². The molecule has 5 nitrogen and oxygen atoms in total. The van der Waals surface area contributed by atoms with Gasteiger partial charge < -0.3 is 16.0 Å². The molecule has 0 spiro atoms. The lowest BCUT2D eigenvalue weighted by Gasteiger charge is -2.27. The van der Waals surface area contributed by atoms with Crippen molar-refractivity contribution in [2.45, 2.75) is 44.7 Å². The summed E-state index contributed by atoms with van der Waals surface area (Å²) in [6.45, 7) is 1.28. The predicted octanol–water partition coefficient (Wildman–Crippen LogP) is 1.80. The third-order valence-corrected chi connectivity index (χ3v) is 6.05. The molecular formula is C19H25N3O2. The molecule has 4 atom stereocenters. The van der Waals surface area contributed by atoms with Crippen LogP contribution in [0, 0.1) is 17.8 Å². The van der Waals surface area contributed by atoms with Crippen molar-refractivity contribution < 1.29 is 9.59 Å². The normalized spacial score (nSPS) is 31.7. The fourth-order valence-electron chi connectivity index (χ4n) is 4.79. The Morgan fingerprint density at radius 3 is 2.83 bits per heavy atom. The number of fused-ring (bicyclic) bond motifs is 2. The Kier molecular flexibility index (Phi) is 4.04. The Hall–Kier alpha value is -1.88. The fourth-order valence-corrected chi connectivity index (χ4v) is 4.79. The fraction of sp³-hybridized carbons (Fsp3) is 0.579. The zero-order valence-electron chi connectivity index (χ0n) is 13.9. The molecule has 2 amide bonds. The molecule has 1 aromatic carbocycles. The molecule has 0 radical (unpaired) electrons. The molecule has 4 unspecified atom stereocenters. The summed E-state index contributed by atoms with van der Waals surface area (Å²) in [6, 6.07) is 7.93. The third-order valence-electron chi connectivity index (χ3n) is 6.05. The number of hydrogen-bond acceptors (Lipinski definition) is 3. The van der Waals surface area contributed by atoms with E-state index < -0.39 is 0 Å². The molecule has 0 aromatic heterocycles. The average Bonchev–Trinajstić information content (AvgIpc) is 3.29. The Morgan fingerprint density at radius 2 is 2.12 bits per heavy atom. The maximum Gasteiger partial charge on any atom is 0.227 e. The number of carbonyl (C=O) groups is 2. The second-order valence-electron chi connectivity index (χ2n) is 7.47. The maximum absolute atomic E-state index is 12.6. The maximum atomic E-state index is 12.6. The van der Waals surface area contributed by atoms with Crippen LogP contribution in [0.4, 0.5) is 5.69 Å². The molecule has 1 aromatic rings. The first-order valence-corrected chi connectivity index (χ1v) is 9.06. The van der Waals surface area contributed by atoms with Gasteiger partial charge in [0, 0.05) is 31.2 Å². The molecule has 2 aliphatic carbocycles. The van der Waals surface area contributed by atoms with Crippen molar-refractivity contribution >= 4 is 17.5 Å². The lowest BCUT2D eigenvalue weighted by atomic mass is 9.84. The first-order chi connectivity index (χ1) is 11.6. The van der Waals surface area contributed by atoms with Crippen molar-refractivity contribution in [2.75, 3.05) is 11.4 Å². The first-order valence-electron chi connectivity index (χ1n) is 9.06. The molecule has 3 fully saturated rings. The number of anilines is 1. The summed E-state index contributed by atoms with van der Waals surface area (Å²) in [7, 11) is 0. The number of hydrogen-bond donors (Lipinski definition) is 2. The van der Waals surface area contributed by atoms with Crippen LogP contribution in [0.2, 0.25) is 0 Å². The Labute approximate surface area is 142 Å². The topological polar surface area (TPSA) is 75.4 Å². The van der Waals surface area contributed by atoms with Gasteiger partial charge in [-0.15, -0.1) is 0 Å². The van der Waals surface area contributed by atoms with Gasteiger partial charge in [0.2, 0.25) is 11.8 Å². The molecule has 1 heterocycles. The van der Waals surface area contributed by atoms with Gasteiger partial charge in [0.05, 0.1) is 5.92 Å². The molecule has 1 aliphatic heterocycles. The second kappa shape index (κ2) is 6.20. The lowest BCUT2D eigenvalue weighted by Crippen LogP contribution is -2.45. The molecule has 3 N–H and O–H groups in total. The van der Waals surface area contributed by atoms with E-state index in [1.54, 1.807) is 0 Å². The summed E-state index contributed by atoms with van der Waals surface area (Å²) in [6.07, 6.45) is 4.99. The number of carbonyl (C=O) groups excluding carboxylic acids is 2. The summed E-state index contributed by atoms with van der Waals surface area (Å²) < 4.78 is 0. The van der Waals surface area contributed by atoms with Crippen molar-refractivity contribution in [1.82, 2.24) is 5.32 Å². The predicted molar refractivity (Wildman–Crippen MR) is 92.2 cm³/mol. The van der Waals surface area contributed by atoms with E-state index in [-0.39, 0.29) is 23.8 Å². The van der Waals surface area contributed by atoms with Crippen LogP contribution in [-0.4, -0.2) is 24.4 Å². The quantitative estimate of drug-likeness (QED) is 0.885. The zero-order valence-corrected chi connectivity index (χ0v) is 13.9. The number of nitrogens with one attached hydrogen (secondary N) is 1. The van der Waals surface area contributed by atoms with Gasteiger partial charge in [-0.25, -0.2) is 0 Å². The van der Waals surface area contributed by atoms with Crippen molar-refractivity contribution in [3.8, 4) is 0 Å². The van der Waals surface area contributed by atoms with Gasteiger partial charge in [-0.05, 0) is 55.2 Å². The molecule has 5 heteroatoms. The van der Waals surface area contributed by atoms with E-state index in [4.69, 9.17) is 5.73 Å². The van der Waals surface area contributed by atoms with Crippen LogP contribution in [0.25, 0.3) is 0 Å². The highest BCUT2D eigenvalue weighted by molar-refractivity contribution is 5.95. The summed E-state index contributed by atoms with van der Waals surface area (Å²) >= 11 is 0. The highest BCUT2D eigenvalue weighted by Crippen LogP contribution is 2.47. The van der Waals surface area contributed by atoms with E-state index in [2.05, 4.69) is 5.32 Å². The van der Waals surface area contributed by atoms with Gasteiger partial charge in [-0.2, -0.15) is 0 Å². The summed E-state index contributed by atoms with van der Waals surface area (Å²) in [5.74, 6) is 1.27. The van der Waals surface area contributed by atoms with E-state index in [1.165, 1.54) is 6.42 Å². The summed E-state index contributed by atoms with van der Waals surface area (Å²) in [4.78, 5) is 26.3. The number of nitrogens with zero attached hydrogens (tertiary/aromatic N) is 1. The minimum Gasteiger partial charge on any atom is -0.352 e. The standard InChI is InChI=1S/C19H25N3O2/c20-18-14-7-6-13(10-14)17(18)19(24)21-11-12-3-1-4-15(9-12)22-8-2-5-16(22)23/h1,3-4,9,13-14,17-18H,2,5-8,10-11,20H2,(H,21,24). The van der Waals surface area contributed by atoms with E-state index in [0.29, 0.717) is 24.8 Å². The third kappa shape index (κ3) is 2.71. The van der Waals surface area contributed by atoms with Crippen molar-refractivity contribution in [3.63, 3.8) is 0 Å². The molecule has 3 aliphatic rings. The Balaban J connectivity index is 1.39. The van der Waals surface area contributed by atoms with Crippen LogP contribution in [0.1, 0.15) is 37.7 Å². The molecule has 24 heavy (non-hydrogen) atoms. The molecular weight excluding hydrogens is 302 g/mol.